The average Bonchev–Trinajstić information content (AvgIpc) is 3.06. The molecular weight excluding hydrogens is 612 g/mol. The number of amides is 6. The number of piperidine rings is 1. The zero-order chi connectivity index (χ0) is 35.7. The van der Waals surface area contributed by atoms with Crippen molar-refractivity contribution in [1.82, 2.24) is 25.8 Å². The molecule has 2 unspecified atom stereocenters. The first kappa shape index (κ1) is 38.5. The van der Waals surface area contributed by atoms with Crippen molar-refractivity contribution in [2.24, 2.45) is 17.8 Å². The molecule has 0 bridgehead atoms. The van der Waals surface area contributed by atoms with Crippen LogP contribution in [0.1, 0.15) is 104 Å². The second-order valence-electron chi connectivity index (χ2n) is 14.2. The van der Waals surface area contributed by atoms with Crippen LogP contribution < -0.4 is 21.3 Å². The molecule has 6 amide bonds. The summed E-state index contributed by atoms with van der Waals surface area (Å²) < 4.78 is 0. The largest absolute Gasteiger partial charge is 0.343 e. The van der Waals surface area contributed by atoms with Gasteiger partial charge in [0.2, 0.25) is 29.5 Å². The Morgan fingerprint density at radius 1 is 0.771 bits per heavy atom. The number of para-hydroxylation sites is 1. The highest BCUT2D eigenvalue weighted by molar-refractivity contribution is 6.07. The molecule has 4 N–H and O–H groups in total. The van der Waals surface area contributed by atoms with Gasteiger partial charge in [0.1, 0.15) is 30.2 Å². The van der Waals surface area contributed by atoms with Gasteiger partial charge in [0.25, 0.3) is 5.91 Å². The third-order valence-corrected chi connectivity index (χ3v) is 9.45. The summed E-state index contributed by atoms with van der Waals surface area (Å²) >= 11 is 0. The fourth-order valence-corrected chi connectivity index (χ4v) is 6.40. The second-order valence-corrected chi connectivity index (χ2v) is 14.2. The smallest absolute Gasteiger partial charge is 0.256 e. The predicted molar refractivity (Wildman–Crippen MR) is 185 cm³/mol. The van der Waals surface area contributed by atoms with Gasteiger partial charge in [0, 0.05) is 13.6 Å². The van der Waals surface area contributed by atoms with Crippen LogP contribution in [0.15, 0.2) is 24.3 Å². The molecular formula is C36H56N6O6. The maximum atomic E-state index is 14.2. The van der Waals surface area contributed by atoms with Crippen LogP contribution in [0.4, 0.5) is 5.69 Å². The van der Waals surface area contributed by atoms with Crippen LogP contribution in [-0.4, -0.2) is 89.0 Å². The SMILES string of the molecule is CCC1NC(=O)[C@H](CC(C)C)N(C)C(=O)[C@@H]2CCCCN2C(=O)c2ccccc2NC(=O)[C@@H]([C@H](C)CC)NC(=O)C(CC(C)C)NC1=O. The molecule has 0 aromatic heterocycles. The van der Waals surface area contributed by atoms with E-state index >= 15 is 0 Å². The Morgan fingerprint density at radius 2 is 1.40 bits per heavy atom. The van der Waals surface area contributed by atoms with E-state index < -0.39 is 59.7 Å². The van der Waals surface area contributed by atoms with Gasteiger partial charge in [-0.1, -0.05) is 67.0 Å². The van der Waals surface area contributed by atoms with Gasteiger partial charge >= 0.3 is 0 Å². The van der Waals surface area contributed by atoms with Gasteiger partial charge in [0.15, 0.2) is 0 Å². The van der Waals surface area contributed by atoms with Gasteiger partial charge in [-0.15, -0.1) is 0 Å². The van der Waals surface area contributed by atoms with Gasteiger partial charge in [-0.25, -0.2) is 0 Å². The molecule has 1 fully saturated rings. The highest BCUT2D eigenvalue weighted by Gasteiger charge is 2.40. The number of hydrogen-bond donors (Lipinski definition) is 4. The first-order chi connectivity index (χ1) is 22.7. The number of carbonyl (C=O) groups excluding carboxylic acids is 6. The fourth-order valence-electron chi connectivity index (χ4n) is 6.40. The third-order valence-electron chi connectivity index (χ3n) is 9.45. The average molecular weight is 669 g/mol. The van der Waals surface area contributed by atoms with Crippen molar-refractivity contribution >= 4 is 41.1 Å². The monoisotopic (exact) mass is 668 g/mol. The molecule has 1 aromatic rings. The van der Waals surface area contributed by atoms with Gasteiger partial charge in [-0.3, -0.25) is 28.8 Å². The lowest BCUT2D eigenvalue weighted by Gasteiger charge is -2.39. The molecule has 3 rings (SSSR count). The van der Waals surface area contributed by atoms with E-state index in [9.17, 15) is 28.8 Å². The van der Waals surface area contributed by atoms with Crippen molar-refractivity contribution in [3.63, 3.8) is 0 Å². The molecule has 0 spiro atoms. The summed E-state index contributed by atoms with van der Waals surface area (Å²) in [7, 11) is 1.57. The third kappa shape index (κ3) is 9.56. The van der Waals surface area contributed by atoms with E-state index in [1.54, 1.807) is 43.1 Å². The maximum Gasteiger partial charge on any atom is 0.256 e. The van der Waals surface area contributed by atoms with Crippen molar-refractivity contribution in [1.29, 1.82) is 0 Å². The lowest BCUT2D eigenvalue weighted by Crippen LogP contribution is -2.60. The number of likely N-dealkylation sites (N-methyl/N-ethyl adjacent to an activating group) is 1. The van der Waals surface area contributed by atoms with Crippen molar-refractivity contribution in [3.05, 3.63) is 29.8 Å². The van der Waals surface area contributed by atoms with E-state index in [0.717, 1.165) is 6.42 Å². The molecule has 1 aromatic carbocycles. The molecule has 2 aliphatic heterocycles. The van der Waals surface area contributed by atoms with Gasteiger partial charge in [-0.05, 0) is 68.4 Å². The molecule has 0 saturated carbocycles. The molecule has 1 saturated heterocycles. The Hall–Kier alpha value is -3.96. The summed E-state index contributed by atoms with van der Waals surface area (Å²) in [6, 6.07) is 2.07. The zero-order valence-corrected chi connectivity index (χ0v) is 29.9. The topological polar surface area (TPSA) is 157 Å². The first-order valence-electron chi connectivity index (χ1n) is 17.6. The quantitative estimate of drug-likeness (QED) is 0.349. The Balaban J connectivity index is 2.15. The van der Waals surface area contributed by atoms with E-state index in [4.69, 9.17) is 0 Å². The van der Waals surface area contributed by atoms with E-state index in [2.05, 4.69) is 21.3 Å². The molecule has 2 aliphatic rings. The van der Waals surface area contributed by atoms with Gasteiger partial charge < -0.3 is 31.1 Å². The number of nitrogens with one attached hydrogen (secondary N) is 4. The molecule has 12 heteroatoms. The minimum atomic E-state index is -0.967. The predicted octanol–water partition coefficient (Wildman–Crippen LogP) is 3.46. The Bertz CT molecular complexity index is 1330. The molecule has 48 heavy (non-hydrogen) atoms. The molecule has 0 aliphatic carbocycles. The van der Waals surface area contributed by atoms with Crippen LogP contribution in [0.5, 0.6) is 0 Å². The van der Waals surface area contributed by atoms with Gasteiger partial charge in [0.05, 0.1) is 11.3 Å². The second kappa shape index (κ2) is 17.4. The van der Waals surface area contributed by atoms with Crippen molar-refractivity contribution in [2.45, 2.75) is 124 Å². The number of hydrogen-bond acceptors (Lipinski definition) is 6. The van der Waals surface area contributed by atoms with Crippen molar-refractivity contribution < 1.29 is 28.8 Å². The molecule has 6 atom stereocenters. The zero-order valence-electron chi connectivity index (χ0n) is 29.9. The van der Waals surface area contributed by atoms with Crippen LogP contribution in [0.25, 0.3) is 0 Å². The number of fused-ring (bicyclic) bond motifs is 2. The molecule has 2 heterocycles. The van der Waals surface area contributed by atoms with E-state index in [1.807, 2.05) is 41.5 Å². The summed E-state index contributed by atoms with van der Waals surface area (Å²) in [5.41, 5.74) is 0.500. The van der Waals surface area contributed by atoms with Crippen LogP contribution in [0.2, 0.25) is 0 Å². The minimum Gasteiger partial charge on any atom is -0.343 e. The summed E-state index contributed by atoms with van der Waals surface area (Å²) in [6.45, 7) is 13.6. The lowest BCUT2D eigenvalue weighted by atomic mass is 9.96. The number of benzene rings is 1. The van der Waals surface area contributed by atoms with Crippen LogP contribution in [0, 0.1) is 17.8 Å². The highest BCUT2D eigenvalue weighted by atomic mass is 16.2. The van der Waals surface area contributed by atoms with Gasteiger partial charge in [-0.2, -0.15) is 0 Å². The lowest BCUT2D eigenvalue weighted by molar-refractivity contribution is -0.144. The normalized spacial score (nSPS) is 26.0. The molecule has 0 radical (unpaired) electrons. The van der Waals surface area contributed by atoms with Crippen LogP contribution >= 0.6 is 0 Å². The molecule has 12 nitrogen and oxygen atoms in total. The minimum absolute atomic E-state index is 0.0275. The fraction of sp³-hybridized carbons (Fsp3) is 0.667. The van der Waals surface area contributed by atoms with E-state index in [-0.39, 0.29) is 41.3 Å². The number of nitrogens with zero attached hydrogens (tertiary/aromatic N) is 2. The summed E-state index contributed by atoms with van der Waals surface area (Å²) in [5.74, 6) is -2.97. The Labute approximate surface area is 285 Å². The van der Waals surface area contributed by atoms with E-state index in [1.165, 1.54) is 4.90 Å². The Kier molecular flexibility index (Phi) is 14.0. The first-order valence-corrected chi connectivity index (χ1v) is 17.6. The highest BCUT2D eigenvalue weighted by Crippen LogP contribution is 2.26. The Morgan fingerprint density at radius 3 is 2.02 bits per heavy atom. The maximum absolute atomic E-state index is 14.2. The summed E-state index contributed by atoms with van der Waals surface area (Å²) in [5, 5.41) is 11.4. The number of anilines is 1. The molecule has 266 valence electrons. The summed E-state index contributed by atoms with van der Waals surface area (Å²) in [4.78, 5) is 86.4. The van der Waals surface area contributed by atoms with Crippen molar-refractivity contribution in [2.75, 3.05) is 18.9 Å². The standard InChI is InChI=1S/C36H56N6O6/c1-9-23(7)30-34(46)38-26-16-12-11-15-24(26)35(47)42-18-14-13-17-28(42)36(48)41(8)29(20-22(5)6)33(45)37-25(10-2)31(43)39-27(19-21(3)4)32(44)40-30/h11-12,15-16,21-23,25,27-30H,9-10,13-14,17-20H2,1-8H3,(H,37,45)(H,38,46)(H,39,43)(H,40,44)/t23-,25?,27?,28+,29+,30-/m1/s1. The van der Waals surface area contributed by atoms with Crippen LogP contribution in [0.3, 0.4) is 0 Å². The van der Waals surface area contributed by atoms with Crippen molar-refractivity contribution in [3.8, 4) is 0 Å². The summed E-state index contributed by atoms with van der Waals surface area (Å²) in [6.07, 6.45) is 3.35. The number of carbonyl (C=O) groups is 6. The van der Waals surface area contributed by atoms with Crippen LogP contribution in [-0.2, 0) is 24.0 Å². The number of rotatable bonds is 7. The van der Waals surface area contributed by atoms with E-state index in [0.29, 0.717) is 38.6 Å².